The number of halogens is 1. The Balaban J connectivity index is 1.95. The lowest BCUT2D eigenvalue weighted by atomic mass is 10.1. The second kappa shape index (κ2) is 4.30. The molecule has 76 valence electrons. The molecule has 1 atom stereocenters. The minimum Gasteiger partial charge on any atom is -0.378 e. The number of ether oxygens (including phenoxy) is 1. The standard InChI is InChI=1S/C11H14ClNO/c1-8(13-11-6-14-7-11)9-2-4-10(12)5-3-9/h2-5,8,11,13H,6-7H2,1H3. The molecule has 3 heteroatoms. The van der Waals surface area contributed by atoms with Crippen LogP contribution in [0.15, 0.2) is 24.3 Å². The van der Waals surface area contributed by atoms with Crippen LogP contribution < -0.4 is 5.32 Å². The third kappa shape index (κ3) is 2.27. The van der Waals surface area contributed by atoms with Crippen molar-refractivity contribution in [3.05, 3.63) is 34.9 Å². The highest BCUT2D eigenvalue weighted by atomic mass is 35.5. The van der Waals surface area contributed by atoms with Crippen LogP contribution in [-0.2, 0) is 4.74 Å². The van der Waals surface area contributed by atoms with Crippen molar-refractivity contribution in [2.45, 2.75) is 19.0 Å². The number of hydrogen-bond donors (Lipinski definition) is 1. The molecular weight excluding hydrogens is 198 g/mol. The summed E-state index contributed by atoms with van der Waals surface area (Å²) in [5.41, 5.74) is 1.27. The molecular formula is C11H14ClNO. The summed E-state index contributed by atoms with van der Waals surface area (Å²) < 4.78 is 5.11. The van der Waals surface area contributed by atoms with Crippen LogP contribution >= 0.6 is 11.6 Å². The van der Waals surface area contributed by atoms with Gasteiger partial charge in [0, 0.05) is 11.1 Å². The number of rotatable bonds is 3. The molecule has 0 amide bonds. The van der Waals surface area contributed by atoms with Crippen LogP contribution in [0, 0.1) is 0 Å². The molecule has 0 aliphatic carbocycles. The highest BCUT2D eigenvalue weighted by Crippen LogP contribution is 2.17. The van der Waals surface area contributed by atoms with Gasteiger partial charge in [-0.15, -0.1) is 0 Å². The molecule has 0 saturated carbocycles. The average Bonchev–Trinajstić information content (AvgIpc) is 2.12. The zero-order valence-electron chi connectivity index (χ0n) is 8.16. The van der Waals surface area contributed by atoms with Crippen LogP contribution in [-0.4, -0.2) is 19.3 Å². The van der Waals surface area contributed by atoms with Crippen molar-refractivity contribution in [1.82, 2.24) is 5.32 Å². The lowest BCUT2D eigenvalue weighted by Gasteiger charge is -2.30. The summed E-state index contributed by atoms with van der Waals surface area (Å²) in [6.07, 6.45) is 0. The summed E-state index contributed by atoms with van der Waals surface area (Å²) in [5.74, 6) is 0. The Morgan fingerprint density at radius 2 is 2.00 bits per heavy atom. The Morgan fingerprint density at radius 1 is 1.36 bits per heavy atom. The van der Waals surface area contributed by atoms with Gasteiger partial charge < -0.3 is 10.1 Å². The first-order chi connectivity index (χ1) is 6.75. The fourth-order valence-corrected chi connectivity index (χ4v) is 1.66. The van der Waals surface area contributed by atoms with Crippen molar-refractivity contribution in [1.29, 1.82) is 0 Å². The van der Waals surface area contributed by atoms with Gasteiger partial charge in [0.1, 0.15) is 0 Å². The molecule has 1 N–H and O–H groups in total. The van der Waals surface area contributed by atoms with E-state index in [1.807, 2.05) is 12.1 Å². The molecule has 1 aliphatic heterocycles. The second-order valence-electron chi connectivity index (χ2n) is 3.67. The van der Waals surface area contributed by atoms with Crippen molar-refractivity contribution in [3.63, 3.8) is 0 Å². The van der Waals surface area contributed by atoms with Crippen LogP contribution in [0.5, 0.6) is 0 Å². The van der Waals surface area contributed by atoms with Gasteiger partial charge in [-0.05, 0) is 24.6 Å². The lowest BCUT2D eigenvalue weighted by molar-refractivity contribution is -0.00925. The summed E-state index contributed by atoms with van der Waals surface area (Å²) in [7, 11) is 0. The van der Waals surface area contributed by atoms with Gasteiger partial charge in [0.2, 0.25) is 0 Å². The highest BCUT2D eigenvalue weighted by Gasteiger charge is 2.20. The summed E-state index contributed by atoms with van der Waals surface area (Å²) in [6, 6.07) is 8.83. The van der Waals surface area contributed by atoms with Crippen LogP contribution in [0.25, 0.3) is 0 Å². The van der Waals surface area contributed by atoms with Crippen LogP contribution in [0.1, 0.15) is 18.5 Å². The molecule has 1 saturated heterocycles. The van der Waals surface area contributed by atoms with Gasteiger partial charge in [-0.1, -0.05) is 23.7 Å². The molecule has 1 aliphatic rings. The molecule has 1 unspecified atom stereocenters. The summed E-state index contributed by atoms with van der Waals surface area (Å²) in [6.45, 7) is 3.82. The minimum absolute atomic E-state index is 0.362. The van der Waals surface area contributed by atoms with Gasteiger partial charge in [0.05, 0.1) is 19.3 Å². The number of nitrogens with one attached hydrogen (secondary N) is 1. The maximum atomic E-state index is 5.82. The molecule has 14 heavy (non-hydrogen) atoms. The Kier molecular flexibility index (Phi) is 3.06. The van der Waals surface area contributed by atoms with E-state index in [1.54, 1.807) is 0 Å². The third-order valence-corrected chi connectivity index (χ3v) is 2.75. The molecule has 2 rings (SSSR count). The van der Waals surface area contributed by atoms with Crippen LogP contribution in [0.3, 0.4) is 0 Å². The maximum absolute atomic E-state index is 5.82. The van der Waals surface area contributed by atoms with Gasteiger partial charge in [-0.3, -0.25) is 0 Å². The van der Waals surface area contributed by atoms with E-state index in [2.05, 4.69) is 24.4 Å². The van der Waals surface area contributed by atoms with Crippen molar-refractivity contribution in [2.24, 2.45) is 0 Å². The van der Waals surface area contributed by atoms with Crippen molar-refractivity contribution >= 4 is 11.6 Å². The van der Waals surface area contributed by atoms with Gasteiger partial charge >= 0.3 is 0 Å². The molecule has 1 fully saturated rings. The molecule has 1 aromatic rings. The average molecular weight is 212 g/mol. The predicted octanol–water partition coefficient (Wildman–Crippen LogP) is 2.39. The van der Waals surface area contributed by atoms with Crippen LogP contribution in [0.4, 0.5) is 0 Å². The molecule has 1 aromatic carbocycles. The Labute approximate surface area is 89.2 Å². The highest BCUT2D eigenvalue weighted by molar-refractivity contribution is 6.30. The smallest absolute Gasteiger partial charge is 0.0643 e. The molecule has 0 bridgehead atoms. The number of hydrogen-bond acceptors (Lipinski definition) is 2. The monoisotopic (exact) mass is 211 g/mol. The summed E-state index contributed by atoms with van der Waals surface area (Å²) in [4.78, 5) is 0. The van der Waals surface area contributed by atoms with Crippen LogP contribution in [0.2, 0.25) is 5.02 Å². The largest absolute Gasteiger partial charge is 0.378 e. The van der Waals surface area contributed by atoms with Gasteiger partial charge in [0.25, 0.3) is 0 Å². The van der Waals surface area contributed by atoms with Gasteiger partial charge in [-0.2, -0.15) is 0 Å². The second-order valence-corrected chi connectivity index (χ2v) is 4.11. The fraction of sp³-hybridized carbons (Fsp3) is 0.455. The van der Waals surface area contributed by atoms with E-state index >= 15 is 0 Å². The topological polar surface area (TPSA) is 21.3 Å². The molecule has 1 heterocycles. The lowest BCUT2D eigenvalue weighted by Crippen LogP contribution is -2.46. The number of benzene rings is 1. The first-order valence-corrected chi connectivity index (χ1v) is 5.23. The minimum atomic E-state index is 0.362. The molecule has 2 nitrogen and oxygen atoms in total. The quantitative estimate of drug-likeness (QED) is 0.829. The van der Waals surface area contributed by atoms with E-state index < -0.39 is 0 Å². The van der Waals surface area contributed by atoms with Gasteiger partial charge in [0.15, 0.2) is 0 Å². The van der Waals surface area contributed by atoms with E-state index in [9.17, 15) is 0 Å². The summed E-state index contributed by atoms with van der Waals surface area (Å²) >= 11 is 5.82. The maximum Gasteiger partial charge on any atom is 0.0643 e. The van der Waals surface area contributed by atoms with Gasteiger partial charge in [-0.25, -0.2) is 0 Å². The molecule has 0 aromatic heterocycles. The Hall–Kier alpha value is -0.570. The fourth-order valence-electron chi connectivity index (χ4n) is 1.53. The zero-order chi connectivity index (χ0) is 9.97. The predicted molar refractivity (Wildman–Crippen MR) is 57.6 cm³/mol. The first-order valence-electron chi connectivity index (χ1n) is 4.85. The van der Waals surface area contributed by atoms with Crippen molar-refractivity contribution in [2.75, 3.05) is 13.2 Å². The van der Waals surface area contributed by atoms with Crippen molar-refractivity contribution < 1.29 is 4.74 Å². The van der Waals surface area contributed by atoms with E-state index in [-0.39, 0.29) is 0 Å². The SMILES string of the molecule is CC(NC1COC1)c1ccc(Cl)cc1. The van der Waals surface area contributed by atoms with E-state index in [1.165, 1.54) is 5.56 Å². The third-order valence-electron chi connectivity index (χ3n) is 2.49. The molecule has 0 radical (unpaired) electrons. The zero-order valence-corrected chi connectivity index (χ0v) is 8.92. The Bertz CT molecular complexity index is 295. The molecule has 0 spiro atoms. The normalized spacial score (nSPS) is 19.0. The van der Waals surface area contributed by atoms with E-state index in [0.717, 1.165) is 18.2 Å². The van der Waals surface area contributed by atoms with E-state index in [4.69, 9.17) is 16.3 Å². The van der Waals surface area contributed by atoms with E-state index in [0.29, 0.717) is 12.1 Å². The van der Waals surface area contributed by atoms with Crippen molar-refractivity contribution in [3.8, 4) is 0 Å². The first kappa shape index (κ1) is 9.97. The Morgan fingerprint density at radius 3 is 2.50 bits per heavy atom. The summed E-state index contributed by atoms with van der Waals surface area (Å²) in [5, 5.41) is 4.27.